The summed E-state index contributed by atoms with van der Waals surface area (Å²) in [4.78, 5) is 36.7. The maximum Gasteiger partial charge on any atom is 0.407 e. The van der Waals surface area contributed by atoms with E-state index in [9.17, 15) is 19.5 Å². The molecule has 0 bridgehead atoms. The van der Waals surface area contributed by atoms with Gasteiger partial charge in [-0.2, -0.15) is 0 Å². The fourth-order valence-electron chi connectivity index (χ4n) is 2.59. The number of rotatable bonds is 6. The number of alkyl carbamates (subject to hydrolysis) is 1. The average molecular weight is 377 g/mol. The molecule has 0 radical (unpaired) electrons. The van der Waals surface area contributed by atoms with Gasteiger partial charge in [0.1, 0.15) is 17.7 Å². The molecule has 0 spiro atoms. The number of carbonyl (C=O) groups is 3. The van der Waals surface area contributed by atoms with Gasteiger partial charge in [-0.05, 0) is 21.4 Å². The van der Waals surface area contributed by atoms with Crippen LogP contribution in [0.15, 0.2) is 11.3 Å². The first-order chi connectivity index (χ1) is 11.3. The number of carboxylic acid groups (broad SMARTS) is 1. The van der Waals surface area contributed by atoms with E-state index >= 15 is 0 Å². The SMILES string of the molecule is CNC(=O)OCC1=C(C(=O)O)N2C(=O)[C@](NP(C)C)(OC)[C@@H]2SC1. The van der Waals surface area contributed by atoms with Gasteiger partial charge in [0.25, 0.3) is 5.91 Å². The van der Waals surface area contributed by atoms with Crippen molar-refractivity contribution in [3.63, 3.8) is 0 Å². The number of aliphatic carboxylic acids is 1. The zero-order valence-electron chi connectivity index (χ0n) is 13.8. The molecule has 134 valence electrons. The minimum absolute atomic E-state index is 0.140. The third kappa shape index (κ3) is 3.11. The maximum absolute atomic E-state index is 12.7. The van der Waals surface area contributed by atoms with Gasteiger partial charge >= 0.3 is 12.1 Å². The third-order valence-electron chi connectivity index (χ3n) is 3.61. The number of nitrogens with one attached hydrogen (secondary N) is 2. The topological polar surface area (TPSA) is 117 Å². The first-order valence-corrected chi connectivity index (χ1v) is 10.3. The van der Waals surface area contributed by atoms with Gasteiger partial charge in [-0.3, -0.25) is 14.8 Å². The highest BCUT2D eigenvalue weighted by molar-refractivity contribution is 8.00. The van der Waals surface area contributed by atoms with Gasteiger partial charge in [0.2, 0.25) is 5.72 Å². The van der Waals surface area contributed by atoms with Gasteiger partial charge < -0.3 is 19.9 Å². The molecule has 0 aromatic carbocycles. The number of ether oxygens (including phenoxy) is 2. The molecule has 0 unspecified atom stereocenters. The predicted molar refractivity (Wildman–Crippen MR) is 89.8 cm³/mol. The van der Waals surface area contributed by atoms with E-state index in [1.807, 2.05) is 13.3 Å². The number of β-lactam (4-membered cyclic amide) rings is 1. The highest BCUT2D eigenvalue weighted by Gasteiger charge is 2.65. The molecule has 2 aliphatic rings. The van der Waals surface area contributed by atoms with Crippen LogP contribution in [0.3, 0.4) is 0 Å². The lowest BCUT2D eigenvalue weighted by Gasteiger charge is -2.56. The lowest BCUT2D eigenvalue weighted by Crippen LogP contribution is -2.79. The van der Waals surface area contributed by atoms with Gasteiger partial charge in [-0.25, -0.2) is 9.59 Å². The van der Waals surface area contributed by atoms with E-state index < -0.39 is 37.1 Å². The summed E-state index contributed by atoms with van der Waals surface area (Å²) in [5, 5.41) is 14.5. The van der Waals surface area contributed by atoms with E-state index in [0.29, 0.717) is 11.3 Å². The van der Waals surface area contributed by atoms with Crippen LogP contribution in [0, 0.1) is 0 Å². The second kappa shape index (κ2) is 7.26. The Balaban J connectivity index is 2.29. The van der Waals surface area contributed by atoms with E-state index in [-0.39, 0.29) is 12.3 Å². The standard InChI is InChI=1S/C13H20N3O6PS/c1-14-12(20)22-5-7-6-24-11-13(21-2,15-23(3)4)10(19)16(11)8(7)9(17)18/h11,15H,5-6H2,1-4H3,(H,14,20)(H,17,18)/t11-,13-/m0/s1. The number of hydrogen-bond donors (Lipinski definition) is 3. The van der Waals surface area contributed by atoms with Gasteiger partial charge in [0.05, 0.1) is 0 Å². The van der Waals surface area contributed by atoms with Crippen LogP contribution >= 0.6 is 19.8 Å². The smallest absolute Gasteiger partial charge is 0.407 e. The minimum atomic E-state index is -1.23. The molecule has 11 heteroatoms. The monoisotopic (exact) mass is 377 g/mol. The Morgan fingerprint density at radius 2 is 2.17 bits per heavy atom. The van der Waals surface area contributed by atoms with Crippen molar-refractivity contribution in [2.24, 2.45) is 0 Å². The van der Waals surface area contributed by atoms with Crippen molar-refractivity contribution in [3.8, 4) is 0 Å². The fourth-order valence-corrected chi connectivity index (χ4v) is 5.07. The van der Waals surface area contributed by atoms with Crippen molar-refractivity contribution >= 4 is 37.8 Å². The summed E-state index contributed by atoms with van der Waals surface area (Å²) in [6.45, 7) is 3.69. The van der Waals surface area contributed by atoms with Crippen LogP contribution in [0.2, 0.25) is 0 Å². The van der Waals surface area contributed by atoms with Crippen LogP contribution in [-0.4, -0.2) is 78.9 Å². The molecule has 24 heavy (non-hydrogen) atoms. The van der Waals surface area contributed by atoms with E-state index in [1.165, 1.54) is 30.8 Å². The second-order valence-corrected chi connectivity index (χ2v) is 8.45. The Morgan fingerprint density at radius 1 is 1.50 bits per heavy atom. The van der Waals surface area contributed by atoms with Gasteiger partial charge in [0, 0.05) is 25.5 Å². The predicted octanol–water partition coefficient (Wildman–Crippen LogP) is 0.185. The lowest BCUT2D eigenvalue weighted by atomic mass is 9.99. The van der Waals surface area contributed by atoms with Crippen LogP contribution in [0.4, 0.5) is 4.79 Å². The number of carboxylic acids is 1. The Kier molecular flexibility index (Phi) is 5.74. The molecule has 0 saturated carbocycles. The van der Waals surface area contributed by atoms with Gasteiger partial charge in [-0.15, -0.1) is 11.8 Å². The largest absolute Gasteiger partial charge is 0.477 e. The van der Waals surface area contributed by atoms with E-state index in [2.05, 4.69) is 10.4 Å². The number of hydrogen-bond acceptors (Lipinski definition) is 7. The van der Waals surface area contributed by atoms with E-state index in [0.717, 1.165) is 0 Å². The zero-order valence-corrected chi connectivity index (χ0v) is 15.5. The summed E-state index contributed by atoms with van der Waals surface area (Å²) in [7, 11) is 2.19. The number of methoxy groups -OCH3 is 1. The van der Waals surface area contributed by atoms with Gasteiger partial charge in [0.15, 0.2) is 0 Å². The molecule has 2 heterocycles. The summed E-state index contributed by atoms with van der Waals surface area (Å²) >= 11 is 1.37. The highest BCUT2D eigenvalue weighted by atomic mass is 32.2. The Morgan fingerprint density at radius 3 is 2.67 bits per heavy atom. The number of amides is 2. The van der Waals surface area contributed by atoms with Crippen molar-refractivity contribution < 1.29 is 29.0 Å². The highest BCUT2D eigenvalue weighted by Crippen LogP contribution is 2.48. The van der Waals surface area contributed by atoms with Crippen molar-refractivity contribution in [2.45, 2.75) is 11.1 Å². The molecule has 0 aliphatic carbocycles. The normalized spacial score (nSPS) is 26.1. The molecular formula is C13H20N3O6PS. The van der Waals surface area contributed by atoms with Crippen LogP contribution < -0.4 is 10.4 Å². The summed E-state index contributed by atoms with van der Waals surface area (Å²) in [6, 6.07) is 0. The van der Waals surface area contributed by atoms with Crippen LogP contribution in [-0.2, 0) is 19.1 Å². The number of nitrogens with zero attached hydrogens (tertiary/aromatic N) is 1. The molecular weight excluding hydrogens is 357 g/mol. The molecule has 9 nitrogen and oxygen atoms in total. The molecule has 0 aromatic rings. The summed E-state index contributed by atoms with van der Waals surface area (Å²) in [5.74, 6) is -1.36. The zero-order chi connectivity index (χ0) is 18.1. The van der Waals surface area contributed by atoms with Gasteiger partial charge in [-0.1, -0.05) is 0 Å². The summed E-state index contributed by atoms with van der Waals surface area (Å²) in [5.41, 5.74) is -0.979. The number of thioether (sulfide) groups is 1. The molecule has 1 fully saturated rings. The van der Waals surface area contributed by atoms with Crippen molar-refractivity contribution in [2.75, 3.05) is 39.8 Å². The molecule has 2 atom stereocenters. The summed E-state index contributed by atoms with van der Waals surface area (Å²) in [6.07, 6.45) is -0.662. The van der Waals surface area contributed by atoms with E-state index in [1.54, 1.807) is 0 Å². The molecule has 1 saturated heterocycles. The van der Waals surface area contributed by atoms with Crippen LogP contribution in [0.25, 0.3) is 0 Å². The van der Waals surface area contributed by atoms with Crippen LogP contribution in [0.1, 0.15) is 0 Å². The molecule has 2 aliphatic heterocycles. The van der Waals surface area contributed by atoms with Crippen molar-refractivity contribution in [3.05, 3.63) is 11.3 Å². The Labute approximate surface area is 144 Å². The first-order valence-electron chi connectivity index (χ1n) is 7.03. The lowest BCUT2D eigenvalue weighted by molar-refractivity contribution is -0.186. The first kappa shape index (κ1) is 19.0. The Hall–Kier alpha value is -1.35. The van der Waals surface area contributed by atoms with Crippen molar-refractivity contribution in [1.82, 2.24) is 15.3 Å². The molecule has 0 aromatic heterocycles. The molecule has 2 amide bonds. The quantitative estimate of drug-likeness (QED) is 0.341. The third-order valence-corrected chi connectivity index (χ3v) is 5.76. The number of carbonyl (C=O) groups excluding carboxylic acids is 2. The van der Waals surface area contributed by atoms with Crippen LogP contribution in [0.5, 0.6) is 0 Å². The minimum Gasteiger partial charge on any atom is -0.477 e. The number of fused-ring (bicyclic) bond motifs is 1. The average Bonchev–Trinajstić information content (AvgIpc) is 2.55. The second-order valence-electron chi connectivity index (χ2n) is 5.37. The maximum atomic E-state index is 12.7. The molecule has 3 N–H and O–H groups in total. The summed E-state index contributed by atoms with van der Waals surface area (Å²) < 4.78 is 10.4. The Bertz CT molecular complexity index is 598. The fraction of sp³-hybridized carbons (Fsp3) is 0.615. The van der Waals surface area contributed by atoms with E-state index in [4.69, 9.17) is 9.47 Å². The van der Waals surface area contributed by atoms with Crippen molar-refractivity contribution in [1.29, 1.82) is 0 Å². The molecule has 2 rings (SSSR count).